The van der Waals surface area contributed by atoms with Crippen molar-refractivity contribution >= 4 is 34.9 Å². The van der Waals surface area contributed by atoms with Crippen LogP contribution in [0.15, 0.2) is 60.7 Å². The maximum Gasteiger partial charge on any atom is 0.232 e. The average Bonchev–Trinajstić information content (AvgIpc) is 3.48. The van der Waals surface area contributed by atoms with Gasteiger partial charge < -0.3 is 20.4 Å². The molecule has 3 aromatic rings. The summed E-state index contributed by atoms with van der Waals surface area (Å²) in [7, 11) is 0. The summed E-state index contributed by atoms with van der Waals surface area (Å²) in [5.41, 5.74) is 3.89. The Morgan fingerprint density at radius 3 is 2.13 bits per heavy atom. The SMILES string of the molecule is S=C(NCc1ccccc1)Nc1nc(N2CCCC2)cc(N2Cc3ccccc3C2)n1. The molecule has 2 N–H and O–H groups in total. The van der Waals surface area contributed by atoms with Crippen LogP contribution in [0.2, 0.25) is 0 Å². The Bertz CT molecular complexity index is 1040. The Balaban J connectivity index is 1.34. The minimum Gasteiger partial charge on any atom is -0.358 e. The molecule has 0 aliphatic carbocycles. The van der Waals surface area contributed by atoms with Gasteiger partial charge in [0.15, 0.2) is 5.11 Å². The number of hydrogen-bond donors (Lipinski definition) is 2. The van der Waals surface area contributed by atoms with Crippen molar-refractivity contribution in [2.24, 2.45) is 0 Å². The highest BCUT2D eigenvalue weighted by molar-refractivity contribution is 7.80. The molecule has 0 spiro atoms. The maximum absolute atomic E-state index is 5.52. The van der Waals surface area contributed by atoms with Crippen LogP contribution in [0.3, 0.4) is 0 Å². The third-order valence-electron chi connectivity index (χ3n) is 5.82. The van der Waals surface area contributed by atoms with Crippen molar-refractivity contribution in [3.63, 3.8) is 0 Å². The van der Waals surface area contributed by atoms with Crippen molar-refractivity contribution in [3.8, 4) is 0 Å². The Kier molecular flexibility index (Phi) is 5.67. The van der Waals surface area contributed by atoms with E-state index in [-0.39, 0.29) is 0 Å². The van der Waals surface area contributed by atoms with Crippen molar-refractivity contribution in [2.45, 2.75) is 32.5 Å². The summed E-state index contributed by atoms with van der Waals surface area (Å²) in [5.74, 6) is 2.44. The average molecular weight is 431 g/mol. The first-order valence-corrected chi connectivity index (χ1v) is 11.2. The van der Waals surface area contributed by atoms with Gasteiger partial charge in [0.05, 0.1) is 0 Å². The van der Waals surface area contributed by atoms with Gasteiger partial charge >= 0.3 is 0 Å². The fraction of sp³-hybridized carbons (Fsp3) is 0.292. The highest BCUT2D eigenvalue weighted by Crippen LogP contribution is 2.30. The number of anilines is 3. The third-order valence-corrected chi connectivity index (χ3v) is 6.06. The summed E-state index contributed by atoms with van der Waals surface area (Å²) in [4.78, 5) is 14.2. The highest BCUT2D eigenvalue weighted by atomic mass is 32.1. The molecule has 158 valence electrons. The van der Waals surface area contributed by atoms with E-state index < -0.39 is 0 Å². The third kappa shape index (κ3) is 4.61. The molecular formula is C24H26N6S. The monoisotopic (exact) mass is 430 g/mol. The van der Waals surface area contributed by atoms with E-state index in [1.165, 1.54) is 29.5 Å². The predicted molar refractivity (Wildman–Crippen MR) is 129 cm³/mol. The predicted octanol–water partition coefficient (Wildman–Crippen LogP) is 4.08. The van der Waals surface area contributed by atoms with Gasteiger partial charge in [-0.3, -0.25) is 0 Å². The molecular weight excluding hydrogens is 404 g/mol. The number of thiocarbonyl (C=S) groups is 1. The topological polar surface area (TPSA) is 56.3 Å². The van der Waals surface area contributed by atoms with Gasteiger partial charge in [-0.2, -0.15) is 9.97 Å². The van der Waals surface area contributed by atoms with Crippen LogP contribution in [0.4, 0.5) is 17.6 Å². The molecule has 31 heavy (non-hydrogen) atoms. The molecule has 0 amide bonds. The van der Waals surface area contributed by atoms with E-state index in [4.69, 9.17) is 22.2 Å². The van der Waals surface area contributed by atoms with Crippen LogP contribution in [-0.2, 0) is 19.6 Å². The number of hydrogen-bond acceptors (Lipinski definition) is 5. The van der Waals surface area contributed by atoms with E-state index in [1.54, 1.807) is 0 Å². The lowest BCUT2D eigenvalue weighted by molar-refractivity contribution is 0.845. The van der Waals surface area contributed by atoms with Crippen LogP contribution in [0, 0.1) is 0 Å². The van der Waals surface area contributed by atoms with Gasteiger partial charge in [0.1, 0.15) is 11.6 Å². The second-order valence-electron chi connectivity index (χ2n) is 8.02. The number of nitrogens with zero attached hydrogens (tertiary/aromatic N) is 4. The lowest BCUT2D eigenvalue weighted by atomic mass is 10.1. The Morgan fingerprint density at radius 2 is 1.45 bits per heavy atom. The summed E-state index contributed by atoms with van der Waals surface area (Å²) in [6, 6.07) is 20.9. The standard InChI is InChI=1S/C24H26N6S/c31-24(25-15-18-8-2-1-3-9-18)28-23-26-21(29-12-6-7-13-29)14-22(27-23)30-16-19-10-4-5-11-20(19)17-30/h1-5,8-11,14H,6-7,12-13,15-17H2,(H2,25,26,27,28,31). The summed E-state index contributed by atoms with van der Waals surface area (Å²) < 4.78 is 0. The zero-order valence-corrected chi connectivity index (χ0v) is 18.2. The molecule has 0 unspecified atom stereocenters. The lowest BCUT2D eigenvalue weighted by Crippen LogP contribution is -2.30. The molecule has 0 radical (unpaired) electrons. The molecule has 2 aromatic carbocycles. The van der Waals surface area contributed by atoms with Crippen molar-refractivity contribution < 1.29 is 0 Å². The molecule has 1 fully saturated rings. The molecule has 0 atom stereocenters. The first-order valence-electron chi connectivity index (χ1n) is 10.8. The minimum absolute atomic E-state index is 0.526. The van der Waals surface area contributed by atoms with Crippen LogP contribution in [-0.4, -0.2) is 28.2 Å². The van der Waals surface area contributed by atoms with Crippen LogP contribution >= 0.6 is 12.2 Å². The van der Waals surface area contributed by atoms with Crippen LogP contribution in [0.25, 0.3) is 0 Å². The van der Waals surface area contributed by atoms with Gasteiger partial charge in [-0.1, -0.05) is 54.6 Å². The van der Waals surface area contributed by atoms with E-state index in [1.807, 2.05) is 18.2 Å². The van der Waals surface area contributed by atoms with Gasteiger partial charge in [-0.25, -0.2) is 0 Å². The normalized spacial score (nSPS) is 15.1. The number of benzene rings is 2. The smallest absolute Gasteiger partial charge is 0.232 e. The number of nitrogens with one attached hydrogen (secondary N) is 2. The molecule has 3 heterocycles. The lowest BCUT2D eigenvalue weighted by Gasteiger charge is -2.22. The van der Waals surface area contributed by atoms with Crippen LogP contribution < -0.4 is 20.4 Å². The molecule has 7 heteroatoms. The van der Waals surface area contributed by atoms with Crippen molar-refractivity contribution in [1.82, 2.24) is 15.3 Å². The van der Waals surface area contributed by atoms with Crippen LogP contribution in [0.1, 0.15) is 29.5 Å². The number of rotatable bonds is 5. The van der Waals surface area contributed by atoms with Crippen molar-refractivity contribution in [1.29, 1.82) is 0 Å². The molecule has 0 saturated carbocycles. The molecule has 1 saturated heterocycles. The second kappa shape index (κ2) is 8.89. The molecule has 5 rings (SSSR count). The van der Waals surface area contributed by atoms with E-state index >= 15 is 0 Å². The first-order chi connectivity index (χ1) is 15.2. The first kappa shape index (κ1) is 19.8. The highest BCUT2D eigenvalue weighted by Gasteiger charge is 2.23. The molecule has 0 bridgehead atoms. The zero-order valence-electron chi connectivity index (χ0n) is 17.4. The van der Waals surface area contributed by atoms with Gasteiger partial charge in [0.25, 0.3) is 0 Å². The van der Waals surface area contributed by atoms with Gasteiger partial charge in [-0.05, 0) is 41.7 Å². The molecule has 2 aliphatic rings. The van der Waals surface area contributed by atoms with E-state index in [9.17, 15) is 0 Å². The molecule has 2 aliphatic heterocycles. The van der Waals surface area contributed by atoms with Crippen molar-refractivity contribution in [3.05, 3.63) is 77.4 Å². The zero-order chi connectivity index (χ0) is 21.0. The Hall–Kier alpha value is -3.19. The molecule has 1 aromatic heterocycles. The number of fused-ring (bicyclic) bond motifs is 1. The largest absolute Gasteiger partial charge is 0.358 e. The van der Waals surface area contributed by atoms with Crippen molar-refractivity contribution in [2.75, 3.05) is 28.2 Å². The molecule has 6 nitrogen and oxygen atoms in total. The van der Waals surface area contributed by atoms with Gasteiger partial charge in [0, 0.05) is 38.8 Å². The Labute approximate surface area is 188 Å². The van der Waals surface area contributed by atoms with Gasteiger partial charge in [-0.15, -0.1) is 0 Å². The maximum atomic E-state index is 5.52. The number of aromatic nitrogens is 2. The summed E-state index contributed by atoms with van der Waals surface area (Å²) in [6.07, 6.45) is 2.41. The minimum atomic E-state index is 0.526. The summed E-state index contributed by atoms with van der Waals surface area (Å²) >= 11 is 5.52. The van der Waals surface area contributed by atoms with E-state index in [0.717, 1.165) is 37.8 Å². The second-order valence-corrected chi connectivity index (χ2v) is 8.43. The Morgan fingerprint density at radius 1 is 0.839 bits per heavy atom. The van der Waals surface area contributed by atoms with E-state index in [0.29, 0.717) is 17.6 Å². The fourth-order valence-corrected chi connectivity index (χ4v) is 4.33. The quantitative estimate of drug-likeness (QED) is 0.592. The van der Waals surface area contributed by atoms with Crippen LogP contribution in [0.5, 0.6) is 0 Å². The summed E-state index contributed by atoms with van der Waals surface area (Å²) in [5, 5.41) is 6.98. The fourth-order valence-electron chi connectivity index (χ4n) is 4.17. The van der Waals surface area contributed by atoms with Gasteiger partial charge in [0.2, 0.25) is 5.95 Å². The summed E-state index contributed by atoms with van der Waals surface area (Å²) in [6.45, 7) is 4.46. The van der Waals surface area contributed by atoms with E-state index in [2.05, 4.69) is 62.9 Å².